The summed E-state index contributed by atoms with van der Waals surface area (Å²) in [6, 6.07) is 13.4. The van der Waals surface area contributed by atoms with Gasteiger partial charge < -0.3 is 9.80 Å². The van der Waals surface area contributed by atoms with Crippen LogP contribution in [-0.2, 0) is 11.2 Å². The van der Waals surface area contributed by atoms with Crippen LogP contribution >= 0.6 is 23.2 Å². The van der Waals surface area contributed by atoms with E-state index < -0.39 is 0 Å². The Morgan fingerprint density at radius 1 is 0.958 bits per heavy atom. The number of carbonyl (C=O) groups is 1. The Balaban J connectivity index is 1.58. The van der Waals surface area contributed by atoms with Crippen molar-refractivity contribution in [3.8, 4) is 0 Å². The zero-order valence-electron chi connectivity index (χ0n) is 13.6. The summed E-state index contributed by atoms with van der Waals surface area (Å²) in [5.74, 6) is 0.171. The van der Waals surface area contributed by atoms with E-state index in [1.54, 1.807) is 0 Å². The summed E-state index contributed by atoms with van der Waals surface area (Å²) < 4.78 is 0. The van der Waals surface area contributed by atoms with Gasteiger partial charge in [-0.1, -0.05) is 35.3 Å². The second kappa shape index (κ2) is 7.45. The van der Waals surface area contributed by atoms with Gasteiger partial charge in [0.1, 0.15) is 0 Å². The molecule has 0 bridgehead atoms. The highest BCUT2D eigenvalue weighted by molar-refractivity contribution is 6.30. The fourth-order valence-corrected chi connectivity index (χ4v) is 3.41. The van der Waals surface area contributed by atoms with Crippen LogP contribution < -0.4 is 4.90 Å². The number of nitrogens with zero attached hydrogens (tertiary/aromatic N) is 2. The molecular weight excluding hydrogens is 343 g/mol. The molecule has 0 aliphatic carbocycles. The van der Waals surface area contributed by atoms with Crippen LogP contribution in [-0.4, -0.2) is 37.0 Å². The topological polar surface area (TPSA) is 23.6 Å². The smallest absolute Gasteiger partial charge is 0.227 e. The lowest BCUT2D eigenvalue weighted by Crippen LogP contribution is -2.49. The number of anilines is 1. The Morgan fingerprint density at radius 2 is 1.58 bits per heavy atom. The van der Waals surface area contributed by atoms with Gasteiger partial charge in [-0.3, -0.25) is 4.79 Å². The fraction of sp³-hybridized carbons (Fsp3) is 0.316. The molecule has 0 saturated carbocycles. The van der Waals surface area contributed by atoms with Crippen molar-refractivity contribution < 1.29 is 4.79 Å². The maximum Gasteiger partial charge on any atom is 0.227 e. The molecule has 0 N–H and O–H groups in total. The monoisotopic (exact) mass is 362 g/mol. The third-order valence-electron chi connectivity index (χ3n) is 4.40. The van der Waals surface area contributed by atoms with E-state index >= 15 is 0 Å². The SMILES string of the molecule is Cc1cc(Cl)ccc1N1CCN(C(=O)Cc2ccc(Cl)cc2)CC1. The summed E-state index contributed by atoms with van der Waals surface area (Å²) in [6.45, 7) is 5.24. The van der Waals surface area contributed by atoms with E-state index in [-0.39, 0.29) is 5.91 Å². The third kappa shape index (κ3) is 4.03. The average molecular weight is 363 g/mol. The van der Waals surface area contributed by atoms with Crippen LogP contribution in [0, 0.1) is 6.92 Å². The normalized spacial score (nSPS) is 14.8. The molecule has 1 aliphatic heterocycles. The molecule has 0 unspecified atom stereocenters. The summed E-state index contributed by atoms with van der Waals surface area (Å²) in [6.07, 6.45) is 0.428. The van der Waals surface area contributed by atoms with E-state index in [1.165, 1.54) is 11.3 Å². The molecule has 1 heterocycles. The number of aryl methyl sites for hydroxylation is 1. The molecule has 0 radical (unpaired) electrons. The van der Waals surface area contributed by atoms with E-state index in [9.17, 15) is 4.79 Å². The van der Waals surface area contributed by atoms with Gasteiger partial charge in [0.2, 0.25) is 5.91 Å². The van der Waals surface area contributed by atoms with Crippen molar-refractivity contribution in [1.29, 1.82) is 0 Å². The highest BCUT2D eigenvalue weighted by Crippen LogP contribution is 2.24. The first-order valence-corrected chi connectivity index (χ1v) is 8.82. The van der Waals surface area contributed by atoms with Crippen molar-refractivity contribution in [3.63, 3.8) is 0 Å². The maximum absolute atomic E-state index is 12.5. The Morgan fingerprint density at radius 3 is 2.21 bits per heavy atom. The quantitative estimate of drug-likeness (QED) is 0.816. The van der Waals surface area contributed by atoms with Crippen LogP contribution in [0.5, 0.6) is 0 Å². The van der Waals surface area contributed by atoms with Crippen molar-refractivity contribution in [2.45, 2.75) is 13.3 Å². The number of rotatable bonds is 3. The third-order valence-corrected chi connectivity index (χ3v) is 4.89. The van der Waals surface area contributed by atoms with E-state index in [2.05, 4.69) is 17.9 Å². The van der Waals surface area contributed by atoms with Crippen molar-refractivity contribution >= 4 is 34.8 Å². The summed E-state index contributed by atoms with van der Waals surface area (Å²) in [7, 11) is 0. The molecular formula is C19H20Cl2N2O. The lowest BCUT2D eigenvalue weighted by atomic mass is 10.1. The standard InChI is InChI=1S/C19H20Cl2N2O/c1-14-12-17(21)6-7-18(14)22-8-10-23(11-9-22)19(24)13-15-2-4-16(20)5-3-15/h2-7,12H,8-11,13H2,1H3. The van der Waals surface area contributed by atoms with Gasteiger partial charge in [0.25, 0.3) is 0 Å². The highest BCUT2D eigenvalue weighted by atomic mass is 35.5. The van der Waals surface area contributed by atoms with E-state index in [1.807, 2.05) is 41.3 Å². The van der Waals surface area contributed by atoms with Crippen LogP contribution in [0.2, 0.25) is 10.0 Å². The molecule has 3 nitrogen and oxygen atoms in total. The number of halogens is 2. The maximum atomic E-state index is 12.5. The predicted octanol–water partition coefficient (Wildman–Crippen LogP) is 4.19. The molecule has 1 amide bonds. The Bertz CT molecular complexity index is 723. The molecule has 2 aromatic carbocycles. The number of hydrogen-bond donors (Lipinski definition) is 0. The van der Waals surface area contributed by atoms with Crippen molar-refractivity contribution in [2.75, 3.05) is 31.1 Å². The van der Waals surface area contributed by atoms with Crippen molar-refractivity contribution in [2.24, 2.45) is 0 Å². The molecule has 5 heteroatoms. The van der Waals surface area contributed by atoms with Gasteiger partial charge in [-0.2, -0.15) is 0 Å². The number of piperazine rings is 1. The number of carbonyl (C=O) groups excluding carboxylic acids is 1. The van der Waals surface area contributed by atoms with Crippen molar-refractivity contribution in [3.05, 3.63) is 63.6 Å². The minimum atomic E-state index is 0.171. The summed E-state index contributed by atoms with van der Waals surface area (Å²) in [4.78, 5) is 16.7. The van der Waals surface area contributed by atoms with Gasteiger partial charge in [-0.15, -0.1) is 0 Å². The largest absolute Gasteiger partial charge is 0.368 e. The minimum absolute atomic E-state index is 0.171. The molecule has 0 spiro atoms. The predicted molar refractivity (Wildman–Crippen MR) is 100 cm³/mol. The second-order valence-electron chi connectivity index (χ2n) is 6.10. The van der Waals surface area contributed by atoms with Crippen LogP contribution in [0.1, 0.15) is 11.1 Å². The molecule has 24 heavy (non-hydrogen) atoms. The van der Waals surface area contributed by atoms with E-state index in [0.29, 0.717) is 11.4 Å². The summed E-state index contributed by atoms with van der Waals surface area (Å²) in [5, 5.41) is 1.45. The lowest BCUT2D eigenvalue weighted by molar-refractivity contribution is -0.130. The molecule has 126 valence electrons. The van der Waals surface area contributed by atoms with Gasteiger partial charge in [0.15, 0.2) is 0 Å². The van der Waals surface area contributed by atoms with Crippen LogP contribution in [0.4, 0.5) is 5.69 Å². The minimum Gasteiger partial charge on any atom is -0.368 e. The van der Waals surface area contributed by atoms with Crippen molar-refractivity contribution in [1.82, 2.24) is 4.90 Å². The number of benzene rings is 2. The zero-order chi connectivity index (χ0) is 17.1. The molecule has 3 rings (SSSR count). The van der Waals surface area contributed by atoms with E-state index in [0.717, 1.165) is 36.8 Å². The number of amides is 1. The lowest BCUT2D eigenvalue weighted by Gasteiger charge is -2.37. The number of hydrogen-bond acceptors (Lipinski definition) is 2. The van der Waals surface area contributed by atoms with Crippen LogP contribution in [0.3, 0.4) is 0 Å². The zero-order valence-corrected chi connectivity index (χ0v) is 15.1. The van der Waals surface area contributed by atoms with Crippen LogP contribution in [0.25, 0.3) is 0 Å². The Hall–Kier alpha value is -1.71. The average Bonchev–Trinajstić information content (AvgIpc) is 2.57. The molecule has 1 saturated heterocycles. The summed E-state index contributed by atoms with van der Waals surface area (Å²) in [5.41, 5.74) is 3.37. The molecule has 0 aromatic heterocycles. The van der Waals surface area contributed by atoms with Gasteiger partial charge in [0.05, 0.1) is 6.42 Å². The fourth-order valence-electron chi connectivity index (χ4n) is 3.06. The van der Waals surface area contributed by atoms with Gasteiger partial charge in [-0.25, -0.2) is 0 Å². The molecule has 1 fully saturated rings. The Labute approximate surface area is 152 Å². The first-order valence-electron chi connectivity index (χ1n) is 8.06. The van der Waals surface area contributed by atoms with Gasteiger partial charge in [0, 0.05) is 41.9 Å². The van der Waals surface area contributed by atoms with Crippen LogP contribution in [0.15, 0.2) is 42.5 Å². The van der Waals surface area contributed by atoms with E-state index in [4.69, 9.17) is 23.2 Å². The Kier molecular flexibility index (Phi) is 5.32. The second-order valence-corrected chi connectivity index (χ2v) is 6.97. The summed E-state index contributed by atoms with van der Waals surface area (Å²) >= 11 is 11.9. The van der Waals surface area contributed by atoms with Gasteiger partial charge >= 0.3 is 0 Å². The first-order chi connectivity index (χ1) is 11.5. The molecule has 0 atom stereocenters. The molecule has 2 aromatic rings. The van der Waals surface area contributed by atoms with Gasteiger partial charge in [-0.05, 0) is 48.4 Å². The molecule has 1 aliphatic rings. The first kappa shape index (κ1) is 17.1. The highest BCUT2D eigenvalue weighted by Gasteiger charge is 2.22.